The first kappa shape index (κ1) is 29.6. The van der Waals surface area contributed by atoms with E-state index in [2.05, 4.69) is 21.2 Å². The average molecular weight is 583 g/mol. The molecule has 0 aromatic heterocycles. The molecule has 0 bridgehead atoms. The second kappa shape index (κ2) is 13.6. The van der Waals surface area contributed by atoms with Gasteiger partial charge in [-0.3, -0.25) is 13.9 Å². The van der Waals surface area contributed by atoms with Crippen LogP contribution >= 0.6 is 15.9 Å². The van der Waals surface area contributed by atoms with Crippen molar-refractivity contribution in [2.75, 3.05) is 23.7 Å². The van der Waals surface area contributed by atoms with E-state index < -0.39 is 16.1 Å². The van der Waals surface area contributed by atoms with Crippen LogP contribution in [0.25, 0.3) is 0 Å². The van der Waals surface area contributed by atoms with E-state index in [1.807, 2.05) is 45.0 Å². The predicted octanol–water partition coefficient (Wildman–Crippen LogP) is 4.34. The Morgan fingerprint density at radius 1 is 1.08 bits per heavy atom. The van der Waals surface area contributed by atoms with Crippen LogP contribution in [0.1, 0.15) is 46.1 Å². The summed E-state index contributed by atoms with van der Waals surface area (Å²) in [6.07, 6.45) is 1.53. The Hall–Kier alpha value is -2.59. The molecular weight excluding hydrogens is 546 g/mol. The standard InChI is InChI=1S/C26H36BrN3O5S/c1-6-35-24-14-12-23(13-15-24)30(36(5,33)34)16-8-11-25(31)29(20(4)26(32)28-19(2)3)18-21-9-7-10-22(27)17-21/h7,9-10,12-15,17,19-20H,6,8,11,16,18H2,1-5H3,(H,28,32)/t20-/m1/s1. The number of nitrogens with zero attached hydrogens (tertiary/aromatic N) is 2. The number of carbonyl (C=O) groups is 2. The molecule has 0 radical (unpaired) electrons. The van der Waals surface area contributed by atoms with Gasteiger partial charge in [0.1, 0.15) is 11.8 Å². The zero-order valence-electron chi connectivity index (χ0n) is 21.5. The van der Waals surface area contributed by atoms with Crippen LogP contribution in [-0.2, 0) is 26.2 Å². The van der Waals surface area contributed by atoms with Gasteiger partial charge in [-0.2, -0.15) is 0 Å². The molecule has 0 fully saturated rings. The van der Waals surface area contributed by atoms with Crippen molar-refractivity contribution in [1.29, 1.82) is 0 Å². The van der Waals surface area contributed by atoms with Crippen LogP contribution in [0.5, 0.6) is 5.75 Å². The Kier molecular flexibility index (Phi) is 11.2. The number of sulfonamides is 1. The lowest BCUT2D eigenvalue weighted by molar-refractivity contribution is -0.140. The third kappa shape index (κ3) is 9.13. The molecule has 0 saturated heterocycles. The van der Waals surface area contributed by atoms with Gasteiger partial charge in [0.05, 0.1) is 18.6 Å². The van der Waals surface area contributed by atoms with E-state index in [1.54, 1.807) is 36.1 Å². The maximum Gasteiger partial charge on any atom is 0.242 e. The molecule has 0 aliphatic rings. The van der Waals surface area contributed by atoms with Crippen LogP contribution < -0.4 is 14.4 Å². The molecule has 10 heteroatoms. The number of ether oxygens (including phenoxy) is 1. The van der Waals surface area contributed by atoms with Gasteiger partial charge in [-0.05, 0) is 76.1 Å². The summed E-state index contributed by atoms with van der Waals surface area (Å²) in [5.74, 6) is 0.198. The molecular formula is C26H36BrN3O5S. The van der Waals surface area contributed by atoms with Crippen molar-refractivity contribution in [2.24, 2.45) is 0 Å². The van der Waals surface area contributed by atoms with Crippen LogP contribution in [0, 0.1) is 0 Å². The zero-order chi connectivity index (χ0) is 26.9. The molecule has 1 atom stereocenters. The van der Waals surface area contributed by atoms with E-state index in [4.69, 9.17) is 4.74 Å². The van der Waals surface area contributed by atoms with E-state index in [0.717, 1.165) is 16.3 Å². The third-order valence-corrected chi connectivity index (χ3v) is 7.12. The number of hydrogen-bond acceptors (Lipinski definition) is 5. The van der Waals surface area contributed by atoms with Crippen LogP contribution in [0.2, 0.25) is 0 Å². The van der Waals surface area contributed by atoms with E-state index in [-0.39, 0.29) is 37.4 Å². The normalized spacial score (nSPS) is 12.2. The summed E-state index contributed by atoms with van der Waals surface area (Å²) in [5, 5.41) is 2.86. The Balaban J connectivity index is 2.15. The molecule has 2 aromatic rings. The smallest absolute Gasteiger partial charge is 0.242 e. The van der Waals surface area contributed by atoms with Gasteiger partial charge in [0.25, 0.3) is 0 Å². The summed E-state index contributed by atoms with van der Waals surface area (Å²) in [4.78, 5) is 27.6. The molecule has 2 rings (SSSR count). The number of carbonyl (C=O) groups excluding carboxylic acids is 2. The van der Waals surface area contributed by atoms with Crippen LogP contribution in [-0.4, -0.2) is 56.6 Å². The molecule has 0 saturated carbocycles. The first-order chi connectivity index (χ1) is 16.9. The van der Waals surface area contributed by atoms with Crippen LogP contribution in [0.3, 0.4) is 0 Å². The lowest BCUT2D eigenvalue weighted by Crippen LogP contribution is -2.49. The van der Waals surface area contributed by atoms with Crippen molar-refractivity contribution in [1.82, 2.24) is 10.2 Å². The van der Waals surface area contributed by atoms with Crippen molar-refractivity contribution in [2.45, 2.75) is 59.2 Å². The number of hydrogen-bond donors (Lipinski definition) is 1. The summed E-state index contributed by atoms with van der Waals surface area (Å²) < 4.78 is 32.5. The molecule has 0 unspecified atom stereocenters. The topological polar surface area (TPSA) is 96.0 Å². The second-order valence-corrected chi connectivity index (χ2v) is 11.7. The van der Waals surface area contributed by atoms with Gasteiger partial charge < -0.3 is 15.0 Å². The molecule has 8 nitrogen and oxygen atoms in total. The lowest BCUT2D eigenvalue weighted by atomic mass is 10.1. The van der Waals surface area contributed by atoms with Gasteiger partial charge in [-0.25, -0.2) is 8.42 Å². The first-order valence-corrected chi connectivity index (χ1v) is 14.6. The Morgan fingerprint density at radius 2 is 1.75 bits per heavy atom. The SMILES string of the molecule is CCOc1ccc(N(CCCC(=O)N(Cc2cccc(Br)c2)[C@H](C)C(=O)NC(C)C)S(C)(=O)=O)cc1. The highest BCUT2D eigenvalue weighted by Crippen LogP contribution is 2.23. The fourth-order valence-electron chi connectivity index (χ4n) is 3.70. The number of nitrogens with one attached hydrogen (secondary N) is 1. The monoisotopic (exact) mass is 581 g/mol. The van der Waals surface area contributed by atoms with Crippen molar-refractivity contribution in [3.05, 3.63) is 58.6 Å². The highest BCUT2D eigenvalue weighted by molar-refractivity contribution is 9.10. The molecule has 0 spiro atoms. The van der Waals surface area contributed by atoms with Crippen LogP contribution in [0.4, 0.5) is 5.69 Å². The molecule has 1 N–H and O–H groups in total. The lowest BCUT2D eigenvalue weighted by Gasteiger charge is -2.30. The predicted molar refractivity (Wildman–Crippen MR) is 146 cm³/mol. The van der Waals surface area contributed by atoms with Gasteiger partial charge in [0.2, 0.25) is 21.8 Å². The molecule has 2 amide bonds. The van der Waals surface area contributed by atoms with Crippen LogP contribution in [0.15, 0.2) is 53.0 Å². The van der Waals surface area contributed by atoms with Crippen molar-refractivity contribution in [3.63, 3.8) is 0 Å². The Bertz CT molecular complexity index is 1120. The fraction of sp³-hybridized carbons (Fsp3) is 0.462. The molecule has 0 aliphatic heterocycles. The minimum atomic E-state index is -3.56. The van der Waals surface area contributed by atoms with Crippen molar-refractivity contribution < 1.29 is 22.7 Å². The summed E-state index contributed by atoms with van der Waals surface area (Å²) >= 11 is 3.45. The van der Waals surface area contributed by atoms with Crippen molar-refractivity contribution in [3.8, 4) is 5.75 Å². The minimum Gasteiger partial charge on any atom is -0.494 e. The Morgan fingerprint density at radius 3 is 2.31 bits per heavy atom. The minimum absolute atomic E-state index is 0.0554. The summed E-state index contributed by atoms with van der Waals surface area (Å²) in [7, 11) is -3.56. The number of rotatable bonds is 13. The highest BCUT2D eigenvalue weighted by Gasteiger charge is 2.27. The number of halogens is 1. The highest BCUT2D eigenvalue weighted by atomic mass is 79.9. The molecule has 198 valence electrons. The fourth-order valence-corrected chi connectivity index (χ4v) is 5.11. The first-order valence-electron chi connectivity index (χ1n) is 12.0. The zero-order valence-corrected chi connectivity index (χ0v) is 23.9. The van der Waals surface area contributed by atoms with Gasteiger partial charge in [-0.1, -0.05) is 28.1 Å². The number of anilines is 1. The third-order valence-electron chi connectivity index (χ3n) is 5.43. The maximum absolute atomic E-state index is 13.3. The van der Waals surface area contributed by atoms with Gasteiger partial charge in [-0.15, -0.1) is 0 Å². The van der Waals surface area contributed by atoms with E-state index >= 15 is 0 Å². The van der Waals surface area contributed by atoms with E-state index in [1.165, 1.54) is 4.31 Å². The average Bonchev–Trinajstić information content (AvgIpc) is 2.79. The number of amides is 2. The maximum atomic E-state index is 13.3. The summed E-state index contributed by atoms with van der Waals surface area (Å²) in [6.45, 7) is 8.23. The Labute approximate surface area is 223 Å². The van der Waals surface area contributed by atoms with Gasteiger partial charge in [0, 0.05) is 30.0 Å². The second-order valence-electron chi connectivity index (χ2n) is 8.86. The van der Waals surface area contributed by atoms with Gasteiger partial charge in [0.15, 0.2) is 0 Å². The van der Waals surface area contributed by atoms with Crippen molar-refractivity contribution >= 4 is 43.5 Å². The quantitative estimate of drug-likeness (QED) is 0.379. The number of benzene rings is 2. The summed E-state index contributed by atoms with van der Waals surface area (Å²) in [5.41, 5.74) is 1.39. The molecule has 36 heavy (non-hydrogen) atoms. The van der Waals surface area contributed by atoms with Gasteiger partial charge >= 0.3 is 0 Å². The van der Waals surface area contributed by atoms with E-state index in [9.17, 15) is 18.0 Å². The molecule has 0 aliphatic carbocycles. The molecule has 0 heterocycles. The van der Waals surface area contributed by atoms with E-state index in [0.29, 0.717) is 24.5 Å². The molecule has 2 aromatic carbocycles. The summed E-state index contributed by atoms with van der Waals surface area (Å²) in [6, 6.07) is 13.6. The largest absolute Gasteiger partial charge is 0.494 e.